The summed E-state index contributed by atoms with van der Waals surface area (Å²) < 4.78 is 94.3. The number of carbonyl (C=O) groups excluding carboxylic acids is 2. The van der Waals surface area contributed by atoms with E-state index in [-0.39, 0.29) is 37.0 Å². The standard InChI is InChI=1S/C25H17Cl3F7N3O2/c1-38(23(40)36-11-24(30,31)32)37-22(39)16-7-6-15(13-4-2-3-5-14(13)16)20(29)10-17(25(33,34)35)12-8-18(26)21(28)19(27)9-12/h2-10,17H,11H2,1H3,(H,36,40)(H,37,39)/b20-10-. The van der Waals surface area contributed by atoms with E-state index in [0.717, 1.165) is 31.3 Å². The van der Waals surface area contributed by atoms with E-state index in [2.05, 4.69) is 5.43 Å². The number of amides is 3. The number of fused-ring (bicyclic) bond motifs is 1. The van der Waals surface area contributed by atoms with Gasteiger partial charge in [0.05, 0.1) is 15.1 Å². The second kappa shape index (κ2) is 12.1. The van der Waals surface area contributed by atoms with Crippen LogP contribution in [0.5, 0.6) is 0 Å². The zero-order valence-electron chi connectivity index (χ0n) is 20.0. The number of carbonyl (C=O) groups is 2. The molecule has 214 valence electrons. The summed E-state index contributed by atoms with van der Waals surface area (Å²) in [7, 11) is 0.995. The highest BCUT2D eigenvalue weighted by atomic mass is 35.5. The lowest BCUT2D eigenvalue weighted by molar-refractivity contribution is -0.139. The molecule has 40 heavy (non-hydrogen) atoms. The van der Waals surface area contributed by atoms with Crippen molar-refractivity contribution in [3.63, 3.8) is 0 Å². The van der Waals surface area contributed by atoms with Crippen molar-refractivity contribution in [3.8, 4) is 0 Å². The quantitative estimate of drug-likeness (QED) is 0.169. The van der Waals surface area contributed by atoms with Crippen molar-refractivity contribution in [2.24, 2.45) is 0 Å². The van der Waals surface area contributed by atoms with Crippen LogP contribution in [-0.2, 0) is 0 Å². The van der Waals surface area contributed by atoms with Gasteiger partial charge in [-0.25, -0.2) is 14.2 Å². The molecule has 3 aromatic carbocycles. The summed E-state index contributed by atoms with van der Waals surface area (Å²) in [4.78, 5) is 24.6. The maximum atomic E-state index is 15.5. The van der Waals surface area contributed by atoms with E-state index in [1.165, 1.54) is 24.3 Å². The Morgan fingerprint density at radius 2 is 1.45 bits per heavy atom. The van der Waals surface area contributed by atoms with Gasteiger partial charge in [0.2, 0.25) is 0 Å². The van der Waals surface area contributed by atoms with Crippen LogP contribution in [0.3, 0.4) is 0 Å². The number of nitrogens with zero attached hydrogens (tertiary/aromatic N) is 1. The van der Waals surface area contributed by atoms with E-state index in [1.54, 1.807) is 5.32 Å². The minimum absolute atomic E-state index is 0.0428. The summed E-state index contributed by atoms with van der Waals surface area (Å²) in [6.07, 6.45) is -9.30. The maximum absolute atomic E-state index is 15.5. The SMILES string of the molecule is CN(NC(=O)c1ccc(/C(F)=C/C(c2cc(Cl)c(Cl)c(Cl)c2)C(F)(F)F)c2ccccc12)C(=O)NCC(F)(F)F. The first-order valence-electron chi connectivity index (χ1n) is 11.0. The monoisotopic (exact) mass is 629 g/mol. The Hall–Kier alpha value is -3.22. The molecule has 1 atom stereocenters. The molecule has 1 unspecified atom stereocenters. The molecule has 2 N–H and O–H groups in total. The first-order valence-corrected chi connectivity index (χ1v) is 12.1. The third-order valence-corrected chi connectivity index (χ3v) is 6.67. The van der Waals surface area contributed by atoms with Crippen molar-refractivity contribution in [2.75, 3.05) is 13.6 Å². The van der Waals surface area contributed by atoms with Crippen molar-refractivity contribution >= 4 is 63.3 Å². The van der Waals surface area contributed by atoms with E-state index in [1.807, 2.05) is 0 Å². The fourth-order valence-corrected chi connectivity index (χ4v) is 4.25. The van der Waals surface area contributed by atoms with Gasteiger partial charge in [-0.2, -0.15) is 26.3 Å². The van der Waals surface area contributed by atoms with Crippen molar-refractivity contribution in [3.05, 3.63) is 86.4 Å². The topological polar surface area (TPSA) is 61.4 Å². The van der Waals surface area contributed by atoms with Crippen LogP contribution in [0.1, 0.15) is 27.4 Å². The van der Waals surface area contributed by atoms with Crippen LogP contribution in [-0.4, -0.2) is 42.9 Å². The normalized spacial score (nSPS) is 13.2. The lowest BCUT2D eigenvalue weighted by atomic mass is 9.94. The fourth-order valence-electron chi connectivity index (χ4n) is 3.63. The molecule has 0 bridgehead atoms. The lowest BCUT2D eigenvalue weighted by Crippen LogP contribution is -2.50. The van der Waals surface area contributed by atoms with Crippen LogP contribution in [0.4, 0.5) is 35.5 Å². The number of hydrogen-bond acceptors (Lipinski definition) is 2. The molecule has 0 aromatic heterocycles. The Morgan fingerprint density at radius 1 is 0.925 bits per heavy atom. The Morgan fingerprint density at radius 3 is 1.98 bits per heavy atom. The number of urea groups is 1. The second-order valence-electron chi connectivity index (χ2n) is 8.31. The zero-order valence-corrected chi connectivity index (χ0v) is 22.3. The van der Waals surface area contributed by atoms with Crippen molar-refractivity contribution in [1.82, 2.24) is 15.8 Å². The molecule has 0 aliphatic carbocycles. The minimum Gasteiger partial charge on any atom is -0.327 e. The lowest BCUT2D eigenvalue weighted by Gasteiger charge is -2.20. The number of nitrogens with one attached hydrogen (secondary N) is 2. The summed E-state index contributed by atoms with van der Waals surface area (Å²) in [5, 5.41) is 1.50. The predicted molar refractivity (Wildman–Crippen MR) is 138 cm³/mol. The molecule has 15 heteroatoms. The van der Waals surface area contributed by atoms with Crippen molar-refractivity contribution in [1.29, 1.82) is 0 Å². The molecule has 0 saturated carbocycles. The molecule has 0 heterocycles. The van der Waals surface area contributed by atoms with Crippen LogP contribution in [0.2, 0.25) is 15.1 Å². The third kappa shape index (κ3) is 7.49. The first kappa shape index (κ1) is 31.3. The van der Waals surface area contributed by atoms with Crippen LogP contribution >= 0.6 is 34.8 Å². The molecule has 0 fully saturated rings. The van der Waals surface area contributed by atoms with E-state index in [4.69, 9.17) is 34.8 Å². The van der Waals surface area contributed by atoms with Crippen LogP contribution in [0, 0.1) is 0 Å². The number of hydrogen-bond donors (Lipinski definition) is 2. The predicted octanol–water partition coefficient (Wildman–Crippen LogP) is 8.31. The van der Waals surface area contributed by atoms with Gasteiger partial charge in [0.1, 0.15) is 18.3 Å². The summed E-state index contributed by atoms with van der Waals surface area (Å²) in [6, 6.07) is 8.40. The average Bonchev–Trinajstić information content (AvgIpc) is 2.86. The molecular formula is C25H17Cl3F7N3O2. The molecular weight excluding hydrogens is 614 g/mol. The minimum atomic E-state index is -4.95. The van der Waals surface area contributed by atoms with Gasteiger partial charge in [-0.3, -0.25) is 10.2 Å². The fraction of sp³-hybridized carbons (Fsp3) is 0.200. The maximum Gasteiger partial charge on any atom is 0.405 e. The van der Waals surface area contributed by atoms with Gasteiger partial charge < -0.3 is 5.32 Å². The number of benzene rings is 3. The molecule has 3 rings (SSSR count). The Kier molecular flexibility index (Phi) is 9.48. The molecule has 3 amide bonds. The molecule has 0 saturated heterocycles. The van der Waals surface area contributed by atoms with Crippen molar-refractivity contribution in [2.45, 2.75) is 18.3 Å². The summed E-state index contributed by atoms with van der Waals surface area (Å²) in [6.45, 7) is -1.64. The van der Waals surface area contributed by atoms with E-state index < -0.39 is 48.1 Å². The van der Waals surface area contributed by atoms with Gasteiger partial charge >= 0.3 is 18.4 Å². The largest absolute Gasteiger partial charge is 0.405 e. The Labute approximate surface area is 237 Å². The number of rotatable bonds is 5. The first-order chi connectivity index (χ1) is 18.5. The van der Waals surface area contributed by atoms with Gasteiger partial charge in [0, 0.05) is 18.2 Å². The number of hydrazine groups is 1. The molecule has 5 nitrogen and oxygen atoms in total. The average molecular weight is 631 g/mol. The highest BCUT2D eigenvalue weighted by molar-refractivity contribution is 6.48. The third-order valence-electron chi connectivity index (χ3n) is 5.47. The Bertz CT molecular complexity index is 1450. The van der Waals surface area contributed by atoms with E-state index in [9.17, 15) is 35.9 Å². The molecule has 0 aliphatic heterocycles. The molecule has 0 spiro atoms. The summed E-state index contributed by atoms with van der Waals surface area (Å²) >= 11 is 17.6. The van der Waals surface area contributed by atoms with Gasteiger partial charge in [0.25, 0.3) is 5.91 Å². The van der Waals surface area contributed by atoms with E-state index in [0.29, 0.717) is 11.1 Å². The summed E-state index contributed by atoms with van der Waals surface area (Å²) in [5.41, 5.74) is 1.20. The van der Waals surface area contributed by atoms with Gasteiger partial charge in [-0.05, 0) is 40.6 Å². The van der Waals surface area contributed by atoms with Gasteiger partial charge in [-0.15, -0.1) is 0 Å². The van der Waals surface area contributed by atoms with Gasteiger partial charge in [0.15, 0.2) is 0 Å². The van der Waals surface area contributed by atoms with Crippen LogP contribution in [0.25, 0.3) is 16.6 Å². The van der Waals surface area contributed by atoms with Crippen LogP contribution < -0.4 is 10.7 Å². The second-order valence-corrected chi connectivity index (χ2v) is 9.50. The number of alkyl halides is 6. The van der Waals surface area contributed by atoms with E-state index >= 15 is 4.39 Å². The van der Waals surface area contributed by atoms with Crippen molar-refractivity contribution < 1.29 is 40.3 Å². The smallest absolute Gasteiger partial charge is 0.327 e. The highest BCUT2D eigenvalue weighted by Crippen LogP contribution is 2.42. The Balaban J connectivity index is 1.98. The molecule has 0 radical (unpaired) electrons. The molecule has 0 aliphatic rings. The summed E-state index contributed by atoms with van der Waals surface area (Å²) in [5.74, 6) is -4.70. The molecule has 3 aromatic rings. The number of halogens is 10. The van der Waals surface area contributed by atoms with Gasteiger partial charge in [-0.1, -0.05) is 65.1 Å². The zero-order chi connectivity index (χ0) is 30.0. The highest BCUT2D eigenvalue weighted by Gasteiger charge is 2.40. The number of allylic oxidation sites excluding steroid dienone is 1. The van der Waals surface area contributed by atoms with Crippen LogP contribution in [0.15, 0.2) is 54.6 Å².